The highest BCUT2D eigenvalue weighted by Gasteiger charge is 2.07. The molecular weight excluding hydrogens is 212 g/mol. The first-order valence-corrected chi connectivity index (χ1v) is 4.68. The Bertz CT molecular complexity index is 376. The summed E-state index contributed by atoms with van der Waals surface area (Å²) in [5, 5.41) is 0.279. The number of carbonyl (C=O) groups is 1. The molecule has 4 nitrogen and oxygen atoms in total. The molecule has 0 amide bonds. The van der Waals surface area contributed by atoms with Gasteiger partial charge in [-0.1, -0.05) is 0 Å². The van der Waals surface area contributed by atoms with E-state index in [1.165, 1.54) is 7.11 Å². The van der Waals surface area contributed by atoms with Crippen LogP contribution in [0.4, 0.5) is 5.69 Å². The molecule has 1 aromatic rings. The number of hydrogen-bond acceptors (Lipinski definition) is 3. The van der Waals surface area contributed by atoms with E-state index >= 15 is 0 Å². The SMILES string of the molecule is COC(=O)c1ccc(N(C)C(N)=S)cc1. The summed E-state index contributed by atoms with van der Waals surface area (Å²) in [6.07, 6.45) is 0. The smallest absolute Gasteiger partial charge is 0.337 e. The molecule has 0 atom stereocenters. The molecule has 0 unspecified atom stereocenters. The molecule has 0 spiro atoms. The molecule has 0 saturated carbocycles. The average molecular weight is 224 g/mol. The molecule has 0 aromatic heterocycles. The Morgan fingerprint density at radius 2 is 1.93 bits per heavy atom. The van der Waals surface area contributed by atoms with Crippen LogP contribution >= 0.6 is 12.2 Å². The summed E-state index contributed by atoms with van der Waals surface area (Å²) < 4.78 is 4.58. The van der Waals surface area contributed by atoms with Crippen LogP contribution in [0.5, 0.6) is 0 Å². The fraction of sp³-hybridized carbons (Fsp3) is 0.200. The second-order valence-electron chi connectivity index (χ2n) is 2.94. The standard InChI is InChI=1S/C10H12N2O2S/c1-12(10(11)15)8-5-3-7(4-6-8)9(13)14-2/h3-6H,1-2H3,(H2,11,15). The van der Waals surface area contributed by atoms with Crippen LogP contribution in [0.15, 0.2) is 24.3 Å². The van der Waals surface area contributed by atoms with Gasteiger partial charge >= 0.3 is 5.97 Å². The van der Waals surface area contributed by atoms with Crippen LogP contribution in [0.3, 0.4) is 0 Å². The number of rotatable bonds is 2. The van der Waals surface area contributed by atoms with Gasteiger partial charge in [0, 0.05) is 12.7 Å². The minimum atomic E-state index is -0.362. The van der Waals surface area contributed by atoms with Crippen molar-refractivity contribution in [3.05, 3.63) is 29.8 Å². The van der Waals surface area contributed by atoms with Gasteiger partial charge in [-0.3, -0.25) is 0 Å². The number of benzene rings is 1. The number of thiocarbonyl (C=S) groups is 1. The number of hydrogen-bond donors (Lipinski definition) is 1. The van der Waals surface area contributed by atoms with Crippen LogP contribution in [0.25, 0.3) is 0 Å². The second-order valence-corrected chi connectivity index (χ2v) is 3.35. The average Bonchev–Trinajstić information content (AvgIpc) is 2.27. The molecule has 0 aliphatic rings. The maximum absolute atomic E-state index is 11.1. The van der Waals surface area contributed by atoms with Gasteiger partial charge in [-0.15, -0.1) is 0 Å². The highest BCUT2D eigenvalue weighted by atomic mass is 32.1. The van der Waals surface area contributed by atoms with Gasteiger partial charge in [-0.25, -0.2) is 4.79 Å². The molecular formula is C10H12N2O2S. The molecule has 5 heteroatoms. The quantitative estimate of drug-likeness (QED) is 0.603. The van der Waals surface area contributed by atoms with Crippen molar-refractivity contribution in [3.63, 3.8) is 0 Å². The molecule has 80 valence electrons. The molecule has 0 fully saturated rings. The Kier molecular flexibility index (Phi) is 3.62. The normalized spacial score (nSPS) is 9.47. The van der Waals surface area contributed by atoms with Crippen LogP contribution in [0, 0.1) is 0 Å². The van der Waals surface area contributed by atoms with Gasteiger partial charge in [0.05, 0.1) is 12.7 Å². The van der Waals surface area contributed by atoms with Gasteiger partial charge in [0.15, 0.2) is 5.11 Å². The second kappa shape index (κ2) is 4.75. The number of methoxy groups -OCH3 is 1. The Morgan fingerprint density at radius 3 is 2.33 bits per heavy atom. The number of nitrogens with two attached hydrogens (primary N) is 1. The lowest BCUT2D eigenvalue weighted by Crippen LogP contribution is -2.31. The molecule has 0 aliphatic carbocycles. The van der Waals surface area contributed by atoms with Crippen molar-refractivity contribution >= 4 is 29.0 Å². The maximum Gasteiger partial charge on any atom is 0.337 e. The Balaban J connectivity index is 2.90. The lowest BCUT2D eigenvalue weighted by atomic mass is 10.2. The van der Waals surface area contributed by atoms with E-state index in [2.05, 4.69) is 4.74 Å². The number of carbonyl (C=O) groups excluding carboxylic acids is 1. The van der Waals surface area contributed by atoms with Crippen molar-refractivity contribution in [2.24, 2.45) is 5.73 Å². The number of ether oxygens (including phenoxy) is 1. The molecule has 1 rings (SSSR count). The van der Waals surface area contributed by atoms with Crippen LogP contribution in [-0.2, 0) is 4.74 Å². The monoisotopic (exact) mass is 224 g/mol. The van der Waals surface area contributed by atoms with Crippen molar-refractivity contribution in [1.29, 1.82) is 0 Å². The van der Waals surface area contributed by atoms with E-state index in [0.29, 0.717) is 5.56 Å². The van der Waals surface area contributed by atoms with Crippen LogP contribution in [0.1, 0.15) is 10.4 Å². The lowest BCUT2D eigenvalue weighted by molar-refractivity contribution is 0.0601. The first-order chi connectivity index (χ1) is 7.06. The Hall–Kier alpha value is -1.62. The molecule has 1 aromatic carbocycles. The zero-order valence-electron chi connectivity index (χ0n) is 8.56. The summed E-state index contributed by atoms with van der Waals surface area (Å²) in [7, 11) is 3.10. The van der Waals surface area contributed by atoms with E-state index in [9.17, 15) is 4.79 Å². The zero-order chi connectivity index (χ0) is 11.4. The summed E-state index contributed by atoms with van der Waals surface area (Å²) in [5.41, 5.74) is 6.78. The van der Waals surface area contributed by atoms with Gasteiger partial charge < -0.3 is 15.4 Å². The molecule has 0 radical (unpaired) electrons. The highest BCUT2D eigenvalue weighted by molar-refractivity contribution is 7.80. The summed E-state index contributed by atoms with van der Waals surface area (Å²) >= 11 is 4.82. The fourth-order valence-electron chi connectivity index (χ4n) is 1.07. The van der Waals surface area contributed by atoms with Gasteiger partial charge in [0.2, 0.25) is 0 Å². The summed E-state index contributed by atoms with van der Waals surface area (Å²) in [4.78, 5) is 12.8. The largest absolute Gasteiger partial charge is 0.465 e. The van der Waals surface area contributed by atoms with Crippen LogP contribution < -0.4 is 10.6 Å². The highest BCUT2D eigenvalue weighted by Crippen LogP contribution is 2.13. The summed E-state index contributed by atoms with van der Waals surface area (Å²) in [6.45, 7) is 0. The Morgan fingerprint density at radius 1 is 1.40 bits per heavy atom. The molecule has 15 heavy (non-hydrogen) atoms. The molecule has 0 bridgehead atoms. The minimum absolute atomic E-state index is 0.279. The molecule has 0 heterocycles. The van der Waals surface area contributed by atoms with E-state index in [-0.39, 0.29) is 11.1 Å². The summed E-state index contributed by atoms with van der Waals surface area (Å²) in [6, 6.07) is 6.84. The van der Waals surface area contributed by atoms with E-state index in [1.54, 1.807) is 36.2 Å². The predicted octanol–water partition coefficient (Wildman–Crippen LogP) is 1.15. The van der Waals surface area contributed by atoms with Gasteiger partial charge in [0.25, 0.3) is 0 Å². The first-order valence-electron chi connectivity index (χ1n) is 4.28. The van der Waals surface area contributed by atoms with Crippen LogP contribution in [0.2, 0.25) is 0 Å². The Labute approximate surface area is 93.6 Å². The van der Waals surface area contributed by atoms with Crippen molar-refractivity contribution < 1.29 is 9.53 Å². The maximum atomic E-state index is 11.1. The van der Waals surface area contributed by atoms with Gasteiger partial charge in [-0.05, 0) is 36.5 Å². The van der Waals surface area contributed by atoms with Crippen molar-refractivity contribution in [2.75, 3.05) is 19.1 Å². The molecule has 0 aliphatic heterocycles. The molecule has 2 N–H and O–H groups in total. The van der Waals surface area contributed by atoms with E-state index in [4.69, 9.17) is 18.0 Å². The van der Waals surface area contributed by atoms with E-state index in [0.717, 1.165) is 5.69 Å². The zero-order valence-corrected chi connectivity index (χ0v) is 9.38. The first kappa shape index (κ1) is 11.5. The fourth-order valence-corrected chi connectivity index (χ4v) is 1.17. The number of esters is 1. The number of anilines is 1. The van der Waals surface area contributed by atoms with E-state index in [1.807, 2.05) is 0 Å². The third-order valence-corrected chi connectivity index (χ3v) is 2.28. The third kappa shape index (κ3) is 2.66. The van der Waals surface area contributed by atoms with E-state index < -0.39 is 0 Å². The number of nitrogens with zero attached hydrogens (tertiary/aromatic N) is 1. The predicted molar refractivity (Wildman–Crippen MR) is 63.0 cm³/mol. The lowest BCUT2D eigenvalue weighted by Gasteiger charge is -2.16. The topological polar surface area (TPSA) is 55.6 Å². The molecule has 0 saturated heterocycles. The van der Waals surface area contributed by atoms with Crippen molar-refractivity contribution in [2.45, 2.75) is 0 Å². The van der Waals surface area contributed by atoms with Crippen LogP contribution in [-0.4, -0.2) is 25.2 Å². The van der Waals surface area contributed by atoms with Crippen molar-refractivity contribution in [1.82, 2.24) is 0 Å². The van der Waals surface area contributed by atoms with Crippen molar-refractivity contribution in [3.8, 4) is 0 Å². The minimum Gasteiger partial charge on any atom is -0.465 e. The summed E-state index contributed by atoms with van der Waals surface area (Å²) in [5.74, 6) is -0.362. The third-order valence-electron chi connectivity index (χ3n) is 2.01. The van der Waals surface area contributed by atoms with Gasteiger partial charge in [0.1, 0.15) is 0 Å². The van der Waals surface area contributed by atoms with Gasteiger partial charge in [-0.2, -0.15) is 0 Å².